The minimum atomic E-state index is -0.949. The van der Waals surface area contributed by atoms with Crippen molar-refractivity contribution in [3.05, 3.63) is 68.9 Å². The molecular formula is C27H36FNO2S2. The topological polar surface area (TPSA) is 39.2 Å². The fourth-order valence-electron chi connectivity index (χ4n) is 3.42. The molecule has 6 heteroatoms. The van der Waals surface area contributed by atoms with Crippen LogP contribution in [-0.2, 0) is 17.6 Å². The number of thioether (sulfide) groups is 1. The van der Waals surface area contributed by atoms with E-state index in [-0.39, 0.29) is 5.78 Å². The zero-order valence-corrected chi connectivity index (χ0v) is 22.2. The van der Waals surface area contributed by atoms with Gasteiger partial charge in [0, 0.05) is 28.2 Å². The SMILES string of the molecule is CC/C=C(\CSc1ccc(C(=O)CCc2sc(C/C=C\C(C)F)nc2C(C)C)cc1C)OC. The molecule has 1 atom stereocenters. The van der Waals surface area contributed by atoms with Crippen molar-refractivity contribution in [2.75, 3.05) is 12.9 Å². The minimum absolute atomic E-state index is 0.147. The van der Waals surface area contributed by atoms with Crippen molar-refractivity contribution in [3.63, 3.8) is 0 Å². The second-order valence-electron chi connectivity index (χ2n) is 8.36. The summed E-state index contributed by atoms with van der Waals surface area (Å²) >= 11 is 3.37. The molecule has 0 N–H and O–H groups in total. The molecule has 0 aliphatic carbocycles. The molecule has 0 spiro atoms. The van der Waals surface area contributed by atoms with Gasteiger partial charge >= 0.3 is 0 Å². The highest BCUT2D eigenvalue weighted by Gasteiger charge is 2.16. The summed E-state index contributed by atoms with van der Waals surface area (Å²) in [6, 6.07) is 5.96. The lowest BCUT2D eigenvalue weighted by Crippen LogP contribution is -2.03. The number of hydrogen-bond donors (Lipinski definition) is 0. The molecule has 0 aliphatic heterocycles. The number of ether oxygens (including phenoxy) is 1. The third kappa shape index (κ3) is 8.74. The number of hydrogen-bond acceptors (Lipinski definition) is 5. The number of alkyl halides is 1. The first kappa shape index (κ1) is 27.3. The van der Waals surface area contributed by atoms with Gasteiger partial charge in [-0.1, -0.05) is 39.0 Å². The number of benzene rings is 1. The molecule has 180 valence electrons. The van der Waals surface area contributed by atoms with Crippen molar-refractivity contribution in [3.8, 4) is 0 Å². The predicted octanol–water partition coefficient (Wildman–Crippen LogP) is 7.88. The fourth-order valence-corrected chi connectivity index (χ4v) is 5.60. The lowest BCUT2D eigenvalue weighted by atomic mass is 10.0. The molecule has 0 bridgehead atoms. The molecular weight excluding hydrogens is 453 g/mol. The van der Waals surface area contributed by atoms with Gasteiger partial charge in [-0.2, -0.15) is 0 Å². The Morgan fingerprint density at radius 2 is 2.06 bits per heavy atom. The average Bonchev–Trinajstić information content (AvgIpc) is 3.18. The maximum atomic E-state index is 13.0. The van der Waals surface area contributed by atoms with Crippen LogP contribution in [0.1, 0.15) is 78.0 Å². The van der Waals surface area contributed by atoms with Gasteiger partial charge in [0.25, 0.3) is 0 Å². The number of rotatable bonds is 13. The molecule has 3 nitrogen and oxygen atoms in total. The Labute approximate surface area is 206 Å². The van der Waals surface area contributed by atoms with Gasteiger partial charge < -0.3 is 4.74 Å². The van der Waals surface area contributed by atoms with E-state index in [0.717, 1.165) is 49.5 Å². The van der Waals surface area contributed by atoms with Crippen LogP contribution in [0.4, 0.5) is 4.39 Å². The van der Waals surface area contributed by atoms with E-state index in [4.69, 9.17) is 9.72 Å². The zero-order chi connectivity index (χ0) is 24.4. The van der Waals surface area contributed by atoms with Crippen molar-refractivity contribution in [1.82, 2.24) is 4.98 Å². The van der Waals surface area contributed by atoms with Gasteiger partial charge in [0.1, 0.15) is 11.9 Å². The molecule has 1 aromatic carbocycles. The third-order valence-electron chi connectivity index (χ3n) is 5.15. The molecule has 2 rings (SSSR count). The van der Waals surface area contributed by atoms with E-state index >= 15 is 0 Å². The summed E-state index contributed by atoms with van der Waals surface area (Å²) in [6.07, 6.45) is 7.24. The van der Waals surface area contributed by atoms with Crippen LogP contribution < -0.4 is 0 Å². The smallest absolute Gasteiger partial charge is 0.163 e. The Bertz CT molecular complexity index is 976. The Hall–Kier alpha value is -1.92. The highest BCUT2D eigenvalue weighted by Crippen LogP contribution is 2.29. The summed E-state index contributed by atoms with van der Waals surface area (Å²) in [5.74, 6) is 2.20. The zero-order valence-electron chi connectivity index (χ0n) is 20.6. The number of aryl methyl sites for hydroxylation is 2. The van der Waals surface area contributed by atoms with Crippen LogP contribution in [0.25, 0.3) is 0 Å². The third-order valence-corrected chi connectivity index (χ3v) is 7.50. The second-order valence-corrected chi connectivity index (χ2v) is 10.5. The van der Waals surface area contributed by atoms with Gasteiger partial charge in [0.2, 0.25) is 0 Å². The van der Waals surface area contributed by atoms with E-state index in [1.54, 1.807) is 36.3 Å². The first-order valence-electron chi connectivity index (χ1n) is 11.5. The molecule has 1 aromatic heterocycles. The van der Waals surface area contributed by atoms with Crippen LogP contribution in [0.3, 0.4) is 0 Å². The monoisotopic (exact) mass is 489 g/mol. The van der Waals surface area contributed by atoms with Crippen LogP contribution in [0.2, 0.25) is 0 Å². The van der Waals surface area contributed by atoms with Gasteiger partial charge in [0.05, 0.1) is 23.6 Å². The summed E-state index contributed by atoms with van der Waals surface area (Å²) in [4.78, 5) is 20.0. The lowest BCUT2D eigenvalue weighted by molar-refractivity contribution is 0.0983. The van der Waals surface area contributed by atoms with Gasteiger partial charge in [-0.25, -0.2) is 9.37 Å². The van der Waals surface area contributed by atoms with E-state index in [1.807, 2.05) is 31.2 Å². The lowest BCUT2D eigenvalue weighted by Gasteiger charge is -2.10. The minimum Gasteiger partial charge on any atom is -0.501 e. The Morgan fingerprint density at radius 1 is 1.30 bits per heavy atom. The normalized spacial score (nSPS) is 13.2. The summed E-state index contributed by atoms with van der Waals surface area (Å²) in [5.41, 5.74) is 2.92. The van der Waals surface area contributed by atoms with Crippen LogP contribution in [0.5, 0.6) is 0 Å². The maximum absolute atomic E-state index is 13.0. The molecule has 0 saturated heterocycles. The van der Waals surface area contributed by atoms with E-state index in [9.17, 15) is 9.18 Å². The van der Waals surface area contributed by atoms with Crippen LogP contribution in [-0.4, -0.2) is 29.8 Å². The van der Waals surface area contributed by atoms with Gasteiger partial charge in [0.15, 0.2) is 5.78 Å². The first-order valence-corrected chi connectivity index (χ1v) is 13.3. The number of nitrogens with zero attached hydrogens (tertiary/aromatic N) is 1. The maximum Gasteiger partial charge on any atom is 0.163 e. The molecule has 0 amide bonds. The van der Waals surface area contributed by atoms with Crippen LogP contribution in [0.15, 0.2) is 47.1 Å². The van der Waals surface area contributed by atoms with Crippen molar-refractivity contribution < 1.29 is 13.9 Å². The Kier molecular flexibility index (Phi) is 11.3. The van der Waals surface area contributed by atoms with Crippen LogP contribution in [0, 0.1) is 6.92 Å². The molecule has 0 radical (unpaired) electrons. The van der Waals surface area contributed by atoms with Gasteiger partial charge in [-0.05, 0) is 56.4 Å². The van der Waals surface area contributed by atoms with Crippen molar-refractivity contribution >= 4 is 28.9 Å². The van der Waals surface area contributed by atoms with Crippen molar-refractivity contribution in [1.29, 1.82) is 0 Å². The van der Waals surface area contributed by atoms with Crippen LogP contribution >= 0.6 is 23.1 Å². The average molecular weight is 490 g/mol. The molecule has 0 fully saturated rings. The molecule has 0 aliphatic rings. The fraction of sp³-hybridized carbons (Fsp3) is 0.481. The molecule has 2 aromatic rings. The predicted molar refractivity (Wildman–Crippen MR) is 140 cm³/mol. The summed E-state index contributed by atoms with van der Waals surface area (Å²) in [6.45, 7) is 9.90. The van der Waals surface area contributed by atoms with E-state index in [1.165, 1.54) is 6.92 Å². The second kappa shape index (κ2) is 13.7. The standard InChI is InChI=1S/C27H36FNO2S2/c1-7-9-22(31-6)17-32-24-14-12-21(16-19(24)4)23(30)13-15-25-27(18(2)3)29-26(33-25)11-8-10-20(5)28/h8-10,12,14,16,18,20H,7,11,13,15,17H2,1-6H3/b10-8-,22-9+. The van der Waals surface area contributed by atoms with E-state index < -0.39 is 6.17 Å². The molecule has 1 heterocycles. The van der Waals surface area contributed by atoms with Gasteiger partial charge in [-0.15, -0.1) is 23.1 Å². The molecule has 33 heavy (non-hydrogen) atoms. The number of allylic oxidation sites excluding steroid dienone is 3. The quantitative estimate of drug-likeness (QED) is 0.124. The first-order chi connectivity index (χ1) is 15.7. The number of halogens is 1. The van der Waals surface area contributed by atoms with Gasteiger partial charge in [-0.3, -0.25) is 4.79 Å². The van der Waals surface area contributed by atoms with E-state index in [2.05, 4.69) is 26.8 Å². The summed E-state index contributed by atoms with van der Waals surface area (Å²) in [7, 11) is 1.70. The molecule has 0 saturated carbocycles. The van der Waals surface area contributed by atoms with Crippen molar-refractivity contribution in [2.45, 2.75) is 77.3 Å². The number of carbonyl (C=O) groups excluding carboxylic acids is 1. The number of aromatic nitrogens is 1. The highest BCUT2D eigenvalue weighted by atomic mass is 32.2. The number of Topliss-reactive ketones (excluding diaryl/α,β-unsaturated/α-hetero) is 1. The highest BCUT2D eigenvalue weighted by molar-refractivity contribution is 7.99. The Balaban J connectivity index is 2.03. The number of thiazole rings is 1. The summed E-state index contributed by atoms with van der Waals surface area (Å²) in [5, 5.41) is 0.975. The summed E-state index contributed by atoms with van der Waals surface area (Å²) < 4.78 is 18.4. The van der Waals surface area contributed by atoms with Crippen molar-refractivity contribution in [2.24, 2.45) is 0 Å². The molecule has 1 unspecified atom stereocenters. The number of ketones is 1. The largest absolute Gasteiger partial charge is 0.501 e. The Morgan fingerprint density at radius 3 is 2.67 bits per heavy atom. The number of carbonyl (C=O) groups is 1. The number of methoxy groups -OCH3 is 1. The van der Waals surface area contributed by atoms with E-state index in [0.29, 0.717) is 25.2 Å².